The summed E-state index contributed by atoms with van der Waals surface area (Å²) in [6, 6.07) is 0. The molecule has 0 spiro atoms. The molecule has 0 amide bonds. The summed E-state index contributed by atoms with van der Waals surface area (Å²) in [5, 5.41) is 9.76. The van der Waals surface area contributed by atoms with Gasteiger partial charge in [-0.2, -0.15) is 0 Å². The number of esters is 2. The number of quaternary nitrogens is 1. The first-order chi connectivity index (χ1) is 42.1. The molecule has 0 aliphatic carbocycles. The van der Waals surface area contributed by atoms with Crippen molar-refractivity contribution in [1.29, 1.82) is 0 Å². The number of aliphatic carboxylic acids is 1. The van der Waals surface area contributed by atoms with E-state index in [1.54, 1.807) is 0 Å². The smallest absolute Gasteiger partial charge is 0.361 e. The Morgan fingerprint density at radius 2 is 0.523 bits per heavy atom. The van der Waals surface area contributed by atoms with Gasteiger partial charge in [-0.3, -0.25) is 9.59 Å². The normalized spacial score (nSPS) is 12.5. The molecule has 0 saturated carbocycles. The SMILES string of the molecule is CCCCCCCCCCCCCCCCCCCCCCCCCCCCCCCCCCCCCCC(=O)OC(COC(=O)CCCCCCCCCCCCCCCCCCCCCCCCCCC)COC(OCC[N+](C)(C)C)C(=O)O. The Labute approximate surface area is 536 Å². The summed E-state index contributed by atoms with van der Waals surface area (Å²) in [6.07, 6.45) is 81.2. The molecule has 2 atom stereocenters. The van der Waals surface area contributed by atoms with Crippen LogP contribution in [0, 0.1) is 0 Å². The summed E-state index contributed by atoms with van der Waals surface area (Å²) in [5.74, 6) is -1.96. The molecular weight excluding hydrogens is 1070 g/mol. The molecule has 0 radical (unpaired) electrons. The van der Waals surface area contributed by atoms with Crippen LogP contribution in [0.5, 0.6) is 0 Å². The predicted molar refractivity (Wildman–Crippen MR) is 369 cm³/mol. The molecule has 0 rings (SSSR count). The van der Waals surface area contributed by atoms with Crippen LogP contribution in [-0.4, -0.2) is 87.4 Å². The van der Waals surface area contributed by atoms with Crippen LogP contribution in [0.1, 0.15) is 418 Å². The summed E-state index contributed by atoms with van der Waals surface area (Å²) in [7, 11) is 6.00. The monoisotopic (exact) mass is 1220 g/mol. The number of rotatable bonds is 74. The topological polar surface area (TPSA) is 108 Å². The number of hydrogen-bond acceptors (Lipinski definition) is 7. The molecule has 9 nitrogen and oxygen atoms in total. The minimum absolute atomic E-state index is 0.172. The van der Waals surface area contributed by atoms with Crippen LogP contribution in [0.15, 0.2) is 0 Å². The number of carbonyl (C=O) groups is 3. The average Bonchev–Trinajstić information content (AvgIpc) is 3.64. The lowest BCUT2D eigenvalue weighted by atomic mass is 10.0. The summed E-state index contributed by atoms with van der Waals surface area (Å²) in [6.45, 7) is 4.98. The van der Waals surface area contributed by atoms with E-state index in [4.69, 9.17) is 18.9 Å². The number of carbonyl (C=O) groups excluding carboxylic acids is 2. The number of carboxylic acids is 1. The second-order valence-corrected chi connectivity index (χ2v) is 28.0. The fourth-order valence-electron chi connectivity index (χ4n) is 12.2. The Bertz CT molecular complexity index is 1370. The third-order valence-electron chi connectivity index (χ3n) is 18.1. The van der Waals surface area contributed by atoms with Gasteiger partial charge < -0.3 is 28.5 Å². The Morgan fingerprint density at radius 1 is 0.302 bits per heavy atom. The zero-order valence-corrected chi connectivity index (χ0v) is 58.8. The van der Waals surface area contributed by atoms with E-state index >= 15 is 0 Å². The van der Waals surface area contributed by atoms with E-state index in [1.165, 1.54) is 353 Å². The molecule has 2 unspecified atom stereocenters. The van der Waals surface area contributed by atoms with Gasteiger partial charge in [-0.1, -0.05) is 393 Å². The van der Waals surface area contributed by atoms with E-state index in [9.17, 15) is 19.5 Å². The summed E-state index contributed by atoms with van der Waals surface area (Å²) < 4.78 is 23.0. The largest absolute Gasteiger partial charge is 0.477 e. The third-order valence-corrected chi connectivity index (χ3v) is 18.1. The van der Waals surface area contributed by atoms with Gasteiger partial charge in [-0.05, 0) is 12.8 Å². The Hall–Kier alpha value is -1.71. The lowest BCUT2D eigenvalue weighted by Crippen LogP contribution is -2.40. The van der Waals surface area contributed by atoms with Gasteiger partial charge in [0, 0.05) is 12.8 Å². The second kappa shape index (κ2) is 69.2. The molecule has 0 aromatic rings. The van der Waals surface area contributed by atoms with Crippen molar-refractivity contribution in [2.75, 3.05) is 47.5 Å². The first-order valence-corrected chi connectivity index (χ1v) is 38.7. The van der Waals surface area contributed by atoms with Crippen LogP contribution in [-0.2, 0) is 33.3 Å². The van der Waals surface area contributed by atoms with Crippen molar-refractivity contribution in [1.82, 2.24) is 0 Å². The molecule has 1 N–H and O–H groups in total. The van der Waals surface area contributed by atoms with Crippen molar-refractivity contribution >= 4 is 17.9 Å². The fraction of sp³-hybridized carbons (Fsp3) is 0.961. The van der Waals surface area contributed by atoms with Crippen molar-refractivity contribution in [3.8, 4) is 0 Å². The van der Waals surface area contributed by atoms with Crippen LogP contribution in [0.25, 0.3) is 0 Å². The minimum Gasteiger partial charge on any atom is -0.477 e. The summed E-state index contributed by atoms with van der Waals surface area (Å²) in [5.41, 5.74) is 0. The van der Waals surface area contributed by atoms with Crippen molar-refractivity contribution in [2.45, 2.75) is 431 Å². The van der Waals surface area contributed by atoms with E-state index in [1.807, 2.05) is 21.1 Å². The molecule has 86 heavy (non-hydrogen) atoms. The first kappa shape index (κ1) is 84.3. The highest BCUT2D eigenvalue weighted by atomic mass is 16.7. The molecule has 0 aliphatic rings. The van der Waals surface area contributed by atoms with Gasteiger partial charge >= 0.3 is 17.9 Å². The van der Waals surface area contributed by atoms with E-state index in [2.05, 4.69) is 13.8 Å². The highest BCUT2D eigenvalue weighted by molar-refractivity contribution is 5.71. The lowest BCUT2D eigenvalue weighted by Gasteiger charge is -2.25. The van der Waals surface area contributed by atoms with E-state index in [-0.39, 0.29) is 38.2 Å². The van der Waals surface area contributed by atoms with Gasteiger partial charge in [0.25, 0.3) is 6.29 Å². The van der Waals surface area contributed by atoms with Crippen LogP contribution in [0.3, 0.4) is 0 Å². The van der Waals surface area contributed by atoms with Gasteiger partial charge in [0.05, 0.1) is 34.4 Å². The van der Waals surface area contributed by atoms with Gasteiger partial charge in [0.2, 0.25) is 0 Å². The molecule has 0 bridgehead atoms. The summed E-state index contributed by atoms with van der Waals surface area (Å²) >= 11 is 0. The van der Waals surface area contributed by atoms with Crippen molar-refractivity contribution in [3.05, 3.63) is 0 Å². The molecule has 9 heteroatoms. The Balaban J connectivity index is 3.95. The number of ether oxygens (including phenoxy) is 4. The standard InChI is InChI=1S/C77H151NO8/c1-6-8-10-12-14-16-18-20-22-24-26-28-30-32-33-34-35-36-37-38-39-40-41-42-44-46-48-50-52-54-56-58-60-62-64-66-68-75(80)86-73(72-85-77(76(81)82)83-70-69-78(3,4)5)71-84-74(79)67-65-63-61-59-57-55-53-51-49-47-45-43-31-29-27-25-23-21-19-17-15-13-11-9-7-2/h73,77H,6-72H2,1-5H3/p+1. The van der Waals surface area contributed by atoms with Crippen molar-refractivity contribution in [3.63, 3.8) is 0 Å². The number of likely N-dealkylation sites (N-methyl/N-ethyl adjacent to an activating group) is 1. The first-order valence-electron chi connectivity index (χ1n) is 38.7. The van der Waals surface area contributed by atoms with Crippen molar-refractivity contribution < 1.29 is 42.9 Å². The van der Waals surface area contributed by atoms with Crippen LogP contribution in [0.2, 0.25) is 0 Å². The van der Waals surface area contributed by atoms with Crippen LogP contribution in [0.4, 0.5) is 0 Å². The highest BCUT2D eigenvalue weighted by Crippen LogP contribution is 2.20. The van der Waals surface area contributed by atoms with Gasteiger partial charge in [-0.15, -0.1) is 0 Å². The minimum atomic E-state index is -1.50. The maximum atomic E-state index is 13.0. The summed E-state index contributed by atoms with van der Waals surface area (Å²) in [4.78, 5) is 37.7. The predicted octanol–water partition coefficient (Wildman–Crippen LogP) is 24.2. The molecule has 512 valence electrons. The van der Waals surface area contributed by atoms with Crippen LogP contribution < -0.4 is 0 Å². The highest BCUT2D eigenvalue weighted by Gasteiger charge is 2.25. The lowest BCUT2D eigenvalue weighted by molar-refractivity contribution is -0.870. The molecule has 0 fully saturated rings. The second-order valence-electron chi connectivity index (χ2n) is 28.0. The maximum Gasteiger partial charge on any atom is 0.361 e. The van der Waals surface area contributed by atoms with Gasteiger partial charge in [0.1, 0.15) is 13.2 Å². The van der Waals surface area contributed by atoms with E-state index < -0.39 is 18.4 Å². The number of hydrogen-bond donors (Lipinski definition) is 1. The van der Waals surface area contributed by atoms with Gasteiger partial charge in [-0.25, -0.2) is 4.79 Å². The molecular formula is C77H152NO8+. The third kappa shape index (κ3) is 69.8. The van der Waals surface area contributed by atoms with E-state index in [0.29, 0.717) is 17.4 Å². The molecule has 0 heterocycles. The molecule has 0 aromatic heterocycles. The quantitative estimate of drug-likeness (QED) is 0.0278. The Kier molecular flexibility index (Phi) is 67.8. The average molecular weight is 1220 g/mol. The Morgan fingerprint density at radius 3 is 0.744 bits per heavy atom. The number of carboxylic acid groups (broad SMARTS) is 1. The van der Waals surface area contributed by atoms with Gasteiger partial charge in [0.15, 0.2) is 6.10 Å². The van der Waals surface area contributed by atoms with Crippen LogP contribution >= 0.6 is 0 Å². The molecule has 0 aromatic carbocycles. The zero-order chi connectivity index (χ0) is 62.6. The zero-order valence-electron chi connectivity index (χ0n) is 58.8. The number of unbranched alkanes of at least 4 members (excludes halogenated alkanes) is 59. The van der Waals surface area contributed by atoms with Crippen molar-refractivity contribution in [2.24, 2.45) is 0 Å². The molecule has 0 aliphatic heterocycles. The maximum absolute atomic E-state index is 13.0. The molecule has 0 saturated heterocycles. The number of nitrogens with zero attached hydrogens (tertiary/aromatic N) is 1. The van der Waals surface area contributed by atoms with E-state index in [0.717, 1.165) is 38.5 Å². The fourth-order valence-corrected chi connectivity index (χ4v) is 12.2.